The van der Waals surface area contributed by atoms with E-state index >= 15 is 0 Å². The van der Waals surface area contributed by atoms with Crippen LogP contribution in [-0.4, -0.2) is 65.9 Å². The maximum Gasteiger partial charge on any atom is 0.244 e. The number of pyridine rings is 1. The molecule has 132 valence electrons. The molecule has 2 aromatic rings. The Kier molecular flexibility index (Phi) is 5.79. The minimum Gasteiger partial charge on any atom is -0.338 e. The Morgan fingerprint density at radius 1 is 1.04 bits per heavy atom. The van der Waals surface area contributed by atoms with Crippen molar-refractivity contribution in [2.45, 2.75) is 12.6 Å². The van der Waals surface area contributed by atoms with Gasteiger partial charge in [-0.3, -0.25) is 19.6 Å². The van der Waals surface area contributed by atoms with Gasteiger partial charge in [0.1, 0.15) is 6.04 Å². The van der Waals surface area contributed by atoms with Gasteiger partial charge in [-0.2, -0.15) is 0 Å². The number of amides is 1. The summed E-state index contributed by atoms with van der Waals surface area (Å²) in [4.78, 5) is 23.8. The van der Waals surface area contributed by atoms with Crippen LogP contribution in [-0.2, 0) is 11.3 Å². The van der Waals surface area contributed by atoms with Gasteiger partial charge < -0.3 is 4.90 Å². The third-order valence-electron chi connectivity index (χ3n) is 4.66. The molecule has 0 N–H and O–H groups in total. The zero-order valence-electron chi connectivity index (χ0n) is 15.0. The van der Waals surface area contributed by atoms with E-state index in [4.69, 9.17) is 0 Å². The summed E-state index contributed by atoms with van der Waals surface area (Å²) in [6, 6.07) is 15.8. The lowest BCUT2D eigenvalue weighted by Gasteiger charge is -2.37. The largest absolute Gasteiger partial charge is 0.338 e. The van der Waals surface area contributed by atoms with Crippen molar-refractivity contribution in [2.75, 3.05) is 40.3 Å². The Labute approximate surface area is 149 Å². The van der Waals surface area contributed by atoms with Crippen molar-refractivity contribution in [2.24, 2.45) is 0 Å². The third-order valence-corrected chi connectivity index (χ3v) is 4.66. The van der Waals surface area contributed by atoms with Crippen LogP contribution in [0.2, 0.25) is 0 Å². The molecule has 3 rings (SSSR count). The normalized spacial score (nSPS) is 16.8. The van der Waals surface area contributed by atoms with Gasteiger partial charge in [0.15, 0.2) is 0 Å². The van der Waals surface area contributed by atoms with Crippen LogP contribution >= 0.6 is 0 Å². The van der Waals surface area contributed by atoms with E-state index in [1.165, 1.54) is 0 Å². The maximum absolute atomic E-state index is 13.1. The van der Waals surface area contributed by atoms with Crippen molar-refractivity contribution < 1.29 is 4.79 Å². The fourth-order valence-corrected chi connectivity index (χ4v) is 3.32. The highest BCUT2D eigenvalue weighted by Crippen LogP contribution is 2.21. The molecule has 1 atom stereocenters. The molecule has 1 amide bonds. The molecule has 0 bridgehead atoms. The van der Waals surface area contributed by atoms with E-state index in [1.807, 2.05) is 72.6 Å². The highest BCUT2D eigenvalue weighted by Gasteiger charge is 2.29. The average Bonchev–Trinajstić information content (AvgIpc) is 2.64. The third kappa shape index (κ3) is 4.44. The molecule has 25 heavy (non-hydrogen) atoms. The molecule has 1 aromatic heterocycles. The molecule has 2 heterocycles. The highest BCUT2D eigenvalue weighted by atomic mass is 16.2. The lowest BCUT2D eigenvalue weighted by molar-refractivity contribution is -0.138. The quantitative estimate of drug-likeness (QED) is 0.836. The Hall–Kier alpha value is -2.24. The predicted molar refractivity (Wildman–Crippen MR) is 99.0 cm³/mol. The molecule has 1 aliphatic heterocycles. The molecule has 1 saturated heterocycles. The number of benzene rings is 1. The van der Waals surface area contributed by atoms with Crippen LogP contribution in [0.4, 0.5) is 0 Å². The molecule has 0 spiro atoms. The number of nitrogens with zero attached hydrogens (tertiary/aromatic N) is 4. The van der Waals surface area contributed by atoms with Crippen molar-refractivity contribution in [1.29, 1.82) is 0 Å². The number of carbonyl (C=O) groups excluding carboxylic acids is 1. The molecule has 5 nitrogen and oxygen atoms in total. The first-order chi connectivity index (χ1) is 12.1. The Morgan fingerprint density at radius 3 is 2.32 bits per heavy atom. The monoisotopic (exact) mass is 338 g/mol. The first kappa shape index (κ1) is 17.6. The number of likely N-dealkylation sites (N-methyl/N-ethyl adjacent to an activating group) is 1. The van der Waals surface area contributed by atoms with Gasteiger partial charge in [-0.15, -0.1) is 0 Å². The van der Waals surface area contributed by atoms with Gasteiger partial charge >= 0.3 is 0 Å². The molecule has 0 radical (unpaired) electrons. The lowest BCUT2D eigenvalue weighted by Crippen LogP contribution is -2.51. The zero-order valence-corrected chi connectivity index (χ0v) is 15.0. The van der Waals surface area contributed by atoms with E-state index in [9.17, 15) is 4.79 Å². The molecule has 1 aliphatic rings. The van der Waals surface area contributed by atoms with Crippen molar-refractivity contribution in [3.05, 3.63) is 66.0 Å². The van der Waals surface area contributed by atoms with Gasteiger partial charge in [-0.1, -0.05) is 36.4 Å². The summed E-state index contributed by atoms with van der Waals surface area (Å²) in [6.07, 6.45) is 1.83. The number of carbonyl (C=O) groups is 1. The van der Waals surface area contributed by atoms with Gasteiger partial charge in [0.05, 0.1) is 5.69 Å². The topological polar surface area (TPSA) is 39.7 Å². The smallest absolute Gasteiger partial charge is 0.244 e. The van der Waals surface area contributed by atoms with E-state index < -0.39 is 0 Å². The van der Waals surface area contributed by atoms with E-state index in [-0.39, 0.29) is 11.9 Å². The summed E-state index contributed by atoms with van der Waals surface area (Å²) in [7, 11) is 3.93. The van der Waals surface area contributed by atoms with Gasteiger partial charge in [0.2, 0.25) is 5.91 Å². The minimum atomic E-state index is -0.219. The summed E-state index contributed by atoms with van der Waals surface area (Å²) in [5, 5.41) is 0. The SMILES string of the molecule is CN(C)[C@H](C(=O)N1CCN(Cc2ccccn2)CC1)c1ccccc1. The molecule has 1 aromatic carbocycles. The van der Waals surface area contributed by atoms with Crippen LogP contribution in [0.1, 0.15) is 17.3 Å². The van der Waals surface area contributed by atoms with E-state index in [0.717, 1.165) is 44.0 Å². The summed E-state index contributed by atoms with van der Waals surface area (Å²) in [6.45, 7) is 4.15. The summed E-state index contributed by atoms with van der Waals surface area (Å²) in [5.41, 5.74) is 2.13. The van der Waals surface area contributed by atoms with E-state index in [2.05, 4.69) is 16.0 Å². The molecule has 0 saturated carbocycles. The maximum atomic E-state index is 13.1. The first-order valence-corrected chi connectivity index (χ1v) is 8.77. The second-order valence-electron chi connectivity index (χ2n) is 6.70. The van der Waals surface area contributed by atoms with Crippen LogP contribution in [0.5, 0.6) is 0 Å². The average molecular weight is 338 g/mol. The Morgan fingerprint density at radius 2 is 1.72 bits per heavy atom. The van der Waals surface area contributed by atoms with Gasteiger partial charge in [0.25, 0.3) is 0 Å². The van der Waals surface area contributed by atoms with Gasteiger partial charge in [-0.05, 0) is 31.8 Å². The molecule has 0 aliphatic carbocycles. The van der Waals surface area contributed by atoms with Crippen molar-refractivity contribution in [3.8, 4) is 0 Å². The van der Waals surface area contributed by atoms with E-state index in [0.29, 0.717) is 0 Å². The van der Waals surface area contributed by atoms with Crippen LogP contribution < -0.4 is 0 Å². The number of hydrogen-bond acceptors (Lipinski definition) is 4. The number of piperazine rings is 1. The van der Waals surface area contributed by atoms with Crippen LogP contribution in [0, 0.1) is 0 Å². The van der Waals surface area contributed by atoms with Crippen LogP contribution in [0.25, 0.3) is 0 Å². The van der Waals surface area contributed by atoms with Crippen LogP contribution in [0.15, 0.2) is 54.7 Å². The summed E-state index contributed by atoms with van der Waals surface area (Å²) < 4.78 is 0. The van der Waals surface area contributed by atoms with Crippen molar-refractivity contribution >= 4 is 5.91 Å². The Bertz CT molecular complexity index is 667. The number of hydrogen-bond donors (Lipinski definition) is 0. The second kappa shape index (κ2) is 8.23. The number of aromatic nitrogens is 1. The zero-order chi connectivity index (χ0) is 17.6. The number of rotatable bonds is 5. The lowest BCUT2D eigenvalue weighted by atomic mass is 10.0. The van der Waals surface area contributed by atoms with Crippen LogP contribution in [0.3, 0.4) is 0 Å². The first-order valence-electron chi connectivity index (χ1n) is 8.77. The molecule has 0 unspecified atom stereocenters. The molecule has 5 heteroatoms. The fourth-order valence-electron chi connectivity index (χ4n) is 3.32. The molecule has 1 fully saturated rings. The summed E-state index contributed by atoms with van der Waals surface area (Å²) in [5.74, 6) is 0.189. The fraction of sp³-hybridized carbons (Fsp3) is 0.400. The molecular formula is C20H26N4O. The Balaban J connectivity index is 1.60. The second-order valence-corrected chi connectivity index (χ2v) is 6.70. The van der Waals surface area contributed by atoms with Crippen molar-refractivity contribution in [1.82, 2.24) is 19.7 Å². The standard InChI is InChI=1S/C20H26N4O/c1-22(2)19(17-8-4-3-5-9-17)20(25)24-14-12-23(13-15-24)16-18-10-6-7-11-21-18/h3-11,19H,12-16H2,1-2H3/t19-/m0/s1. The highest BCUT2D eigenvalue weighted by molar-refractivity contribution is 5.83. The molecular weight excluding hydrogens is 312 g/mol. The van der Waals surface area contributed by atoms with E-state index in [1.54, 1.807) is 0 Å². The minimum absolute atomic E-state index is 0.189. The predicted octanol–water partition coefficient (Wildman–Crippen LogP) is 2.03. The summed E-state index contributed by atoms with van der Waals surface area (Å²) >= 11 is 0. The van der Waals surface area contributed by atoms with Gasteiger partial charge in [0, 0.05) is 38.9 Å². The van der Waals surface area contributed by atoms with Crippen molar-refractivity contribution in [3.63, 3.8) is 0 Å². The van der Waals surface area contributed by atoms with Gasteiger partial charge in [-0.25, -0.2) is 0 Å².